The van der Waals surface area contributed by atoms with E-state index in [-0.39, 0.29) is 18.5 Å². The van der Waals surface area contributed by atoms with Crippen LogP contribution in [0.5, 0.6) is 0 Å². The lowest BCUT2D eigenvalue weighted by molar-refractivity contribution is -0.144. The lowest BCUT2D eigenvalue weighted by Gasteiger charge is -2.33. The first-order chi connectivity index (χ1) is 10.6. The third-order valence-corrected chi connectivity index (χ3v) is 4.76. The molecule has 0 radical (unpaired) electrons. The lowest BCUT2D eigenvalue weighted by Crippen LogP contribution is -2.44. The molecule has 1 atom stereocenters. The van der Waals surface area contributed by atoms with Crippen molar-refractivity contribution >= 4 is 33.3 Å². The number of morpholine rings is 1. The van der Waals surface area contributed by atoms with Crippen molar-refractivity contribution in [1.29, 1.82) is 0 Å². The number of methoxy groups -OCH3 is 1. The number of nitrogens with zero attached hydrogens (tertiary/aromatic N) is 3. The summed E-state index contributed by atoms with van der Waals surface area (Å²) in [5.41, 5.74) is 1.19. The van der Waals surface area contributed by atoms with E-state index in [1.54, 1.807) is 11.3 Å². The van der Waals surface area contributed by atoms with Gasteiger partial charge in [0.1, 0.15) is 16.5 Å². The molecule has 1 fully saturated rings. The van der Waals surface area contributed by atoms with Crippen molar-refractivity contribution < 1.29 is 14.3 Å². The molecule has 22 heavy (non-hydrogen) atoms. The highest BCUT2D eigenvalue weighted by atomic mass is 32.1. The Morgan fingerprint density at radius 1 is 1.50 bits per heavy atom. The minimum Gasteiger partial charge on any atom is -0.469 e. The molecule has 0 N–H and O–H groups in total. The molecule has 1 aliphatic heterocycles. The smallest absolute Gasteiger partial charge is 0.308 e. The van der Waals surface area contributed by atoms with Gasteiger partial charge in [-0.25, -0.2) is 9.97 Å². The highest BCUT2D eigenvalue weighted by Crippen LogP contribution is 2.32. The van der Waals surface area contributed by atoms with Crippen LogP contribution >= 0.6 is 11.3 Å². The highest BCUT2D eigenvalue weighted by Gasteiger charge is 2.26. The molecule has 6 nitrogen and oxygen atoms in total. The summed E-state index contributed by atoms with van der Waals surface area (Å²) in [5, 5.41) is 3.21. The topological polar surface area (TPSA) is 64.5 Å². The van der Waals surface area contributed by atoms with Crippen LogP contribution in [0.2, 0.25) is 0 Å². The molecular formula is C15H19N3O3S. The molecule has 2 aromatic heterocycles. The number of carbonyl (C=O) groups is 1. The van der Waals surface area contributed by atoms with Crippen molar-refractivity contribution in [3.05, 3.63) is 16.8 Å². The maximum atomic E-state index is 11.5. The molecule has 0 aliphatic carbocycles. The summed E-state index contributed by atoms with van der Waals surface area (Å²) in [7, 11) is 1.40. The van der Waals surface area contributed by atoms with Gasteiger partial charge in [0.25, 0.3) is 0 Å². The van der Waals surface area contributed by atoms with Crippen molar-refractivity contribution in [3.63, 3.8) is 0 Å². The highest BCUT2D eigenvalue weighted by molar-refractivity contribution is 7.17. The fourth-order valence-electron chi connectivity index (χ4n) is 2.70. The van der Waals surface area contributed by atoms with Gasteiger partial charge in [-0.2, -0.15) is 0 Å². The zero-order chi connectivity index (χ0) is 15.7. The van der Waals surface area contributed by atoms with Crippen LogP contribution in [0.4, 0.5) is 5.82 Å². The van der Waals surface area contributed by atoms with E-state index in [2.05, 4.69) is 27.2 Å². The van der Waals surface area contributed by atoms with E-state index in [4.69, 9.17) is 9.47 Å². The first-order valence-electron chi connectivity index (χ1n) is 7.24. The summed E-state index contributed by atoms with van der Waals surface area (Å²) in [4.78, 5) is 23.8. The molecule has 2 aromatic rings. The molecule has 118 valence electrons. The first kappa shape index (κ1) is 15.2. The molecule has 1 saturated heterocycles. The van der Waals surface area contributed by atoms with Gasteiger partial charge in [0, 0.05) is 13.1 Å². The first-order valence-corrected chi connectivity index (χ1v) is 8.12. The van der Waals surface area contributed by atoms with E-state index < -0.39 is 0 Å². The number of carbonyl (C=O) groups excluding carboxylic acids is 1. The molecule has 1 aliphatic rings. The van der Waals surface area contributed by atoms with Crippen LogP contribution in [0, 0.1) is 13.8 Å². The summed E-state index contributed by atoms with van der Waals surface area (Å²) in [6, 6.07) is 0. The SMILES string of the molecule is COC(=O)CC1CN(c2nc(C)nc3scc(C)c23)CCO1. The molecule has 0 saturated carbocycles. The van der Waals surface area contributed by atoms with E-state index in [1.165, 1.54) is 12.7 Å². The van der Waals surface area contributed by atoms with Crippen molar-refractivity contribution in [2.24, 2.45) is 0 Å². The van der Waals surface area contributed by atoms with Crippen molar-refractivity contribution in [1.82, 2.24) is 9.97 Å². The van der Waals surface area contributed by atoms with E-state index in [9.17, 15) is 4.79 Å². The summed E-state index contributed by atoms with van der Waals surface area (Å²) < 4.78 is 10.4. The predicted molar refractivity (Wildman–Crippen MR) is 85.5 cm³/mol. The maximum Gasteiger partial charge on any atom is 0.308 e. The quantitative estimate of drug-likeness (QED) is 0.807. The van der Waals surface area contributed by atoms with Crippen LogP contribution in [-0.2, 0) is 14.3 Å². The van der Waals surface area contributed by atoms with E-state index in [0.717, 1.165) is 28.4 Å². The zero-order valence-electron chi connectivity index (χ0n) is 13.0. The number of thiophene rings is 1. The van der Waals surface area contributed by atoms with Gasteiger partial charge in [0.05, 0.1) is 31.6 Å². The van der Waals surface area contributed by atoms with Gasteiger partial charge in [-0.05, 0) is 24.8 Å². The molecule has 7 heteroatoms. The number of ether oxygens (including phenoxy) is 2. The normalized spacial score (nSPS) is 18.7. The Hall–Kier alpha value is -1.73. The Labute approximate surface area is 133 Å². The minimum absolute atomic E-state index is 0.162. The summed E-state index contributed by atoms with van der Waals surface area (Å²) in [5.74, 6) is 1.46. The van der Waals surface area contributed by atoms with E-state index >= 15 is 0 Å². The zero-order valence-corrected chi connectivity index (χ0v) is 13.8. The van der Waals surface area contributed by atoms with Gasteiger partial charge in [-0.1, -0.05) is 0 Å². The predicted octanol–water partition coefficient (Wildman–Crippen LogP) is 2.08. The Morgan fingerprint density at radius 3 is 3.09 bits per heavy atom. The van der Waals surface area contributed by atoms with Gasteiger partial charge < -0.3 is 14.4 Å². The van der Waals surface area contributed by atoms with Crippen LogP contribution < -0.4 is 4.90 Å². The minimum atomic E-state index is -0.248. The number of fused-ring (bicyclic) bond motifs is 1. The molecule has 0 amide bonds. The second kappa shape index (κ2) is 6.18. The summed E-state index contributed by atoms with van der Waals surface area (Å²) >= 11 is 1.64. The number of anilines is 1. The van der Waals surface area contributed by atoms with Gasteiger partial charge in [-0.15, -0.1) is 11.3 Å². The molecular weight excluding hydrogens is 302 g/mol. The third kappa shape index (κ3) is 2.91. The van der Waals surface area contributed by atoms with Crippen LogP contribution in [-0.4, -0.2) is 48.8 Å². The van der Waals surface area contributed by atoms with E-state index in [0.29, 0.717) is 13.2 Å². The number of aryl methyl sites for hydroxylation is 2. The number of hydrogen-bond donors (Lipinski definition) is 0. The fourth-order valence-corrected chi connectivity index (χ4v) is 3.66. The molecule has 3 rings (SSSR count). The molecule has 0 aromatic carbocycles. The Kier molecular flexibility index (Phi) is 4.26. The standard InChI is InChI=1S/C15H19N3O3S/c1-9-8-22-15-13(9)14(16-10(2)17-15)18-4-5-21-11(7-18)6-12(19)20-3/h8,11H,4-7H2,1-3H3. The van der Waals surface area contributed by atoms with Crippen LogP contribution in [0.1, 0.15) is 17.8 Å². The number of rotatable bonds is 3. The largest absolute Gasteiger partial charge is 0.469 e. The van der Waals surface area contributed by atoms with Crippen molar-refractivity contribution in [3.8, 4) is 0 Å². The van der Waals surface area contributed by atoms with Crippen molar-refractivity contribution in [2.45, 2.75) is 26.4 Å². The van der Waals surface area contributed by atoms with Crippen LogP contribution in [0.15, 0.2) is 5.38 Å². The summed E-state index contributed by atoms with van der Waals surface area (Å²) in [6.07, 6.45) is 0.105. The number of esters is 1. The second-order valence-electron chi connectivity index (χ2n) is 5.41. The third-order valence-electron chi connectivity index (χ3n) is 3.77. The van der Waals surface area contributed by atoms with Crippen LogP contribution in [0.25, 0.3) is 10.2 Å². The number of hydrogen-bond acceptors (Lipinski definition) is 7. The summed E-state index contributed by atoms with van der Waals surface area (Å²) in [6.45, 7) is 5.96. The monoisotopic (exact) mass is 321 g/mol. The number of aromatic nitrogens is 2. The maximum absolute atomic E-state index is 11.5. The van der Waals surface area contributed by atoms with Gasteiger partial charge in [-0.3, -0.25) is 4.79 Å². The average molecular weight is 321 g/mol. The lowest BCUT2D eigenvalue weighted by atomic mass is 10.2. The fraction of sp³-hybridized carbons (Fsp3) is 0.533. The van der Waals surface area contributed by atoms with Gasteiger partial charge in [0.15, 0.2) is 0 Å². The van der Waals surface area contributed by atoms with E-state index in [1.807, 2.05) is 6.92 Å². The second-order valence-corrected chi connectivity index (χ2v) is 6.27. The Bertz CT molecular complexity index is 701. The molecule has 1 unspecified atom stereocenters. The molecule has 0 bridgehead atoms. The molecule has 0 spiro atoms. The van der Waals surface area contributed by atoms with Crippen molar-refractivity contribution in [2.75, 3.05) is 31.7 Å². The average Bonchev–Trinajstić information content (AvgIpc) is 2.87. The Morgan fingerprint density at radius 2 is 2.32 bits per heavy atom. The molecule has 3 heterocycles. The van der Waals surface area contributed by atoms with Gasteiger partial charge >= 0.3 is 5.97 Å². The Balaban J connectivity index is 1.90. The van der Waals surface area contributed by atoms with Crippen LogP contribution in [0.3, 0.4) is 0 Å². The van der Waals surface area contributed by atoms with Gasteiger partial charge in [0.2, 0.25) is 0 Å².